The van der Waals surface area contributed by atoms with Crippen LogP contribution in [0.3, 0.4) is 0 Å². The number of hydrogen-bond acceptors (Lipinski definition) is 3. The van der Waals surface area contributed by atoms with Gasteiger partial charge in [0.05, 0.1) is 12.7 Å². The number of nitrogens with zero attached hydrogens (tertiary/aromatic N) is 2. The molecule has 2 aliphatic heterocycles. The van der Waals surface area contributed by atoms with Gasteiger partial charge >= 0.3 is 6.03 Å². The molecule has 0 radical (unpaired) electrons. The van der Waals surface area contributed by atoms with Crippen LogP contribution in [0.15, 0.2) is 48.5 Å². The van der Waals surface area contributed by atoms with E-state index in [0.29, 0.717) is 31.9 Å². The molecule has 3 amide bonds. The van der Waals surface area contributed by atoms with Crippen LogP contribution in [0.4, 0.5) is 14.9 Å². The lowest BCUT2D eigenvalue weighted by atomic mass is 9.99. The van der Waals surface area contributed by atoms with Crippen LogP contribution >= 0.6 is 0 Å². The maximum Gasteiger partial charge on any atom is 0.325 e. The fraction of sp³-hybridized carbons (Fsp3) is 0.333. The van der Waals surface area contributed by atoms with Crippen LogP contribution in [0.25, 0.3) is 0 Å². The van der Waals surface area contributed by atoms with E-state index in [2.05, 4.69) is 17.4 Å². The molecule has 1 atom stereocenters. The first-order valence-electron chi connectivity index (χ1n) is 9.37. The zero-order chi connectivity index (χ0) is 19.5. The van der Waals surface area contributed by atoms with Crippen LogP contribution in [-0.4, -0.2) is 49.1 Å². The maximum absolute atomic E-state index is 13.1. The van der Waals surface area contributed by atoms with E-state index in [1.165, 1.54) is 28.2 Å². The first-order chi connectivity index (χ1) is 13.6. The van der Waals surface area contributed by atoms with Gasteiger partial charge in [-0.05, 0) is 35.4 Å². The SMILES string of the molecule is O=C(CN1CCN(c2ccc(F)cc2)C1=O)NC[C@H]1Cc2ccccc2CO1. The Morgan fingerprint density at radius 3 is 2.64 bits per heavy atom. The summed E-state index contributed by atoms with van der Waals surface area (Å²) in [7, 11) is 0. The van der Waals surface area contributed by atoms with Gasteiger partial charge in [0.2, 0.25) is 5.91 Å². The molecule has 1 saturated heterocycles. The monoisotopic (exact) mass is 383 g/mol. The standard InChI is InChI=1S/C21H22FN3O3/c22-17-5-7-18(8-6-17)25-10-9-24(21(25)27)13-20(26)23-12-19-11-15-3-1-2-4-16(15)14-28-19/h1-8,19H,9-14H2,(H,23,26)/t19-/m1/s1. The third-order valence-electron chi connectivity index (χ3n) is 5.14. The van der Waals surface area contributed by atoms with Gasteiger partial charge in [0.25, 0.3) is 0 Å². The van der Waals surface area contributed by atoms with E-state index in [0.717, 1.165) is 6.42 Å². The molecule has 146 valence electrons. The third kappa shape index (κ3) is 3.99. The Bertz CT molecular complexity index is 871. The van der Waals surface area contributed by atoms with Crippen molar-refractivity contribution in [2.24, 2.45) is 0 Å². The molecule has 0 aliphatic carbocycles. The Morgan fingerprint density at radius 1 is 1.11 bits per heavy atom. The Balaban J connectivity index is 1.26. The van der Waals surface area contributed by atoms with Gasteiger partial charge in [-0.25, -0.2) is 9.18 Å². The Kier molecular flexibility index (Phi) is 5.25. The first-order valence-corrected chi connectivity index (χ1v) is 9.37. The summed E-state index contributed by atoms with van der Waals surface area (Å²) in [5.41, 5.74) is 3.06. The minimum absolute atomic E-state index is 0.000164. The summed E-state index contributed by atoms with van der Waals surface area (Å²) in [6.07, 6.45) is 0.695. The topological polar surface area (TPSA) is 61.9 Å². The maximum atomic E-state index is 13.1. The predicted molar refractivity (Wildman–Crippen MR) is 102 cm³/mol. The lowest BCUT2D eigenvalue weighted by molar-refractivity contribution is -0.122. The second-order valence-corrected chi connectivity index (χ2v) is 7.04. The summed E-state index contributed by atoms with van der Waals surface area (Å²) in [6.45, 7) is 1.89. The van der Waals surface area contributed by atoms with Gasteiger partial charge in [-0.1, -0.05) is 24.3 Å². The van der Waals surface area contributed by atoms with Gasteiger partial charge < -0.3 is 15.0 Å². The molecule has 2 aliphatic rings. The van der Waals surface area contributed by atoms with E-state index in [1.807, 2.05) is 12.1 Å². The second-order valence-electron chi connectivity index (χ2n) is 7.04. The number of carbonyl (C=O) groups excluding carboxylic acids is 2. The molecule has 2 heterocycles. The minimum Gasteiger partial charge on any atom is -0.371 e. The van der Waals surface area contributed by atoms with Crippen molar-refractivity contribution in [2.75, 3.05) is 31.1 Å². The molecular weight excluding hydrogens is 361 g/mol. The Hall–Kier alpha value is -2.93. The van der Waals surface area contributed by atoms with Crippen molar-refractivity contribution in [1.29, 1.82) is 0 Å². The fourth-order valence-corrected chi connectivity index (χ4v) is 3.59. The summed E-state index contributed by atoms with van der Waals surface area (Å²) in [6, 6.07) is 13.7. The highest BCUT2D eigenvalue weighted by atomic mass is 19.1. The summed E-state index contributed by atoms with van der Waals surface area (Å²) in [5, 5.41) is 2.87. The summed E-state index contributed by atoms with van der Waals surface area (Å²) in [5.74, 6) is -0.559. The second kappa shape index (κ2) is 7.98. The van der Waals surface area contributed by atoms with Crippen molar-refractivity contribution < 1.29 is 18.7 Å². The average Bonchev–Trinajstić information content (AvgIpc) is 3.07. The van der Waals surface area contributed by atoms with Crippen molar-refractivity contribution in [2.45, 2.75) is 19.1 Å². The molecule has 2 aromatic carbocycles. The first kappa shape index (κ1) is 18.4. The molecule has 1 N–H and O–H groups in total. The van der Waals surface area contributed by atoms with Crippen molar-refractivity contribution in [1.82, 2.24) is 10.2 Å². The normalized spacial score (nSPS) is 18.9. The third-order valence-corrected chi connectivity index (χ3v) is 5.14. The number of anilines is 1. The van der Waals surface area contributed by atoms with Gasteiger partial charge in [-0.3, -0.25) is 9.69 Å². The van der Waals surface area contributed by atoms with Gasteiger partial charge in [0.15, 0.2) is 0 Å². The largest absolute Gasteiger partial charge is 0.371 e. The number of ether oxygens (including phenoxy) is 1. The molecule has 6 nitrogen and oxygen atoms in total. The highest BCUT2D eigenvalue weighted by Crippen LogP contribution is 2.21. The van der Waals surface area contributed by atoms with E-state index < -0.39 is 0 Å². The van der Waals surface area contributed by atoms with Crippen molar-refractivity contribution in [3.63, 3.8) is 0 Å². The summed E-state index contributed by atoms with van der Waals surface area (Å²) < 4.78 is 18.9. The highest BCUT2D eigenvalue weighted by molar-refractivity contribution is 5.96. The van der Waals surface area contributed by atoms with Crippen LogP contribution in [-0.2, 0) is 22.6 Å². The number of amides is 3. The number of urea groups is 1. The lowest BCUT2D eigenvalue weighted by Gasteiger charge is -2.26. The van der Waals surface area contributed by atoms with E-state index in [-0.39, 0.29) is 30.4 Å². The number of hydrogen-bond donors (Lipinski definition) is 1. The van der Waals surface area contributed by atoms with Crippen LogP contribution in [0.5, 0.6) is 0 Å². The van der Waals surface area contributed by atoms with Crippen molar-refractivity contribution in [3.05, 3.63) is 65.5 Å². The average molecular weight is 383 g/mol. The molecule has 7 heteroatoms. The Morgan fingerprint density at radius 2 is 1.86 bits per heavy atom. The fourth-order valence-electron chi connectivity index (χ4n) is 3.59. The van der Waals surface area contributed by atoms with E-state index in [9.17, 15) is 14.0 Å². The quantitative estimate of drug-likeness (QED) is 0.862. The molecule has 2 aromatic rings. The lowest BCUT2D eigenvalue weighted by Crippen LogP contribution is -2.43. The summed E-state index contributed by atoms with van der Waals surface area (Å²) in [4.78, 5) is 27.9. The molecule has 0 spiro atoms. The van der Waals surface area contributed by atoms with Crippen LogP contribution in [0, 0.1) is 5.82 Å². The number of fused-ring (bicyclic) bond motifs is 1. The van der Waals surface area contributed by atoms with Gasteiger partial charge in [0, 0.05) is 31.7 Å². The molecule has 0 saturated carbocycles. The van der Waals surface area contributed by atoms with Gasteiger partial charge in [-0.15, -0.1) is 0 Å². The minimum atomic E-state index is -0.348. The molecule has 4 rings (SSSR count). The number of halogens is 1. The zero-order valence-corrected chi connectivity index (χ0v) is 15.4. The highest BCUT2D eigenvalue weighted by Gasteiger charge is 2.31. The van der Waals surface area contributed by atoms with Crippen molar-refractivity contribution in [3.8, 4) is 0 Å². The van der Waals surface area contributed by atoms with E-state index >= 15 is 0 Å². The molecule has 1 fully saturated rings. The number of rotatable bonds is 5. The summed E-state index contributed by atoms with van der Waals surface area (Å²) >= 11 is 0. The van der Waals surface area contributed by atoms with E-state index in [1.54, 1.807) is 17.0 Å². The molecule has 0 bridgehead atoms. The number of nitrogens with one attached hydrogen (secondary N) is 1. The molecule has 0 aromatic heterocycles. The Labute approximate surface area is 162 Å². The van der Waals surface area contributed by atoms with Crippen molar-refractivity contribution >= 4 is 17.6 Å². The zero-order valence-electron chi connectivity index (χ0n) is 15.4. The molecule has 0 unspecified atom stereocenters. The molecular formula is C21H22FN3O3. The van der Waals surface area contributed by atoms with E-state index in [4.69, 9.17) is 4.74 Å². The van der Waals surface area contributed by atoms with Gasteiger partial charge in [0.1, 0.15) is 12.4 Å². The number of carbonyl (C=O) groups is 2. The van der Waals surface area contributed by atoms with Crippen LogP contribution in [0.2, 0.25) is 0 Å². The number of benzene rings is 2. The molecule has 28 heavy (non-hydrogen) atoms. The van der Waals surface area contributed by atoms with Gasteiger partial charge in [-0.2, -0.15) is 0 Å². The van der Waals surface area contributed by atoms with Crippen LogP contribution in [0.1, 0.15) is 11.1 Å². The smallest absolute Gasteiger partial charge is 0.325 e. The van der Waals surface area contributed by atoms with Crippen LogP contribution < -0.4 is 10.2 Å². The predicted octanol–water partition coefficient (Wildman–Crippen LogP) is 2.33.